The SMILES string of the molecule is C[C@@H](NC(=O)CN1CSCC1=O)C(=O)N(C)C. The van der Waals surface area contributed by atoms with E-state index in [2.05, 4.69) is 5.32 Å². The Kier molecular flexibility index (Phi) is 4.80. The third kappa shape index (κ3) is 3.92. The Balaban J connectivity index is 2.39. The Morgan fingerprint density at radius 2 is 2.18 bits per heavy atom. The smallest absolute Gasteiger partial charge is 0.244 e. The first-order valence-electron chi connectivity index (χ1n) is 5.28. The molecule has 0 radical (unpaired) electrons. The van der Waals surface area contributed by atoms with Crippen LogP contribution in [0.3, 0.4) is 0 Å². The summed E-state index contributed by atoms with van der Waals surface area (Å²) in [6.07, 6.45) is 0. The van der Waals surface area contributed by atoms with Gasteiger partial charge in [0.2, 0.25) is 17.7 Å². The predicted octanol–water partition coefficient (Wildman–Crippen LogP) is -0.888. The van der Waals surface area contributed by atoms with Gasteiger partial charge in [-0.2, -0.15) is 0 Å². The fourth-order valence-electron chi connectivity index (χ4n) is 1.45. The van der Waals surface area contributed by atoms with E-state index in [9.17, 15) is 14.4 Å². The van der Waals surface area contributed by atoms with Crippen molar-refractivity contribution in [3.05, 3.63) is 0 Å². The van der Waals surface area contributed by atoms with Crippen molar-refractivity contribution < 1.29 is 14.4 Å². The molecular formula is C10H17N3O3S. The van der Waals surface area contributed by atoms with Gasteiger partial charge in [0.1, 0.15) is 12.6 Å². The van der Waals surface area contributed by atoms with Gasteiger partial charge in [0.05, 0.1) is 11.6 Å². The van der Waals surface area contributed by atoms with Gasteiger partial charge in [0.25, 0.3) is 0 Å². The lowest BCUT2D eigenvalue weighted by Gasteiger charge is -2.20. The second-order valence-corrected chi connectivity index (χ2v) is 5.05. The van der Waals surface area contributed by atoms with Gasteiger partial charge in [-0.15, -0.1) is 11.8 Å². The van der Waals surface area contributed by atoms with Crippen molar-refractivity contribution in [3.63, 3.8) is 0 Å². The van der Waals surface area contributed by atoms with Crippen LogP contribution in [0.4, 0.5) is 0 Å². The number of amides is 3. The van der Waals surface area contributed by atoms with E-state index in [-0.39, 0.29) is 24.3 Å². The molecule has 0 aliphatic carbocycles. The van der Waals surface area contributed by atoms with E-state index >= 15 is 0 Å². The van der Waals surface area contributed by atoms with Crippen LogP contribution in [0.25, 0.3) is 0 Å². The summed E-state index contributed by atoms with van der Waals surface area (Å²) < 4.78 is 0. The number of hydrogen-bond donors (Lipinski definition) is 1. The standard InChI is InChI=1S/C10H17N3O3S/c1-7(10(16)12(2)3)11-8(14)4-13-6-17-5-9(13)15/h7H,4-6H2,1-3H3,(H,11,14)/t7-/m1/s1. The van der Waals surface area contributed by atoms with Gasteiger partial charge in [-0.05, 0) is 6.92 Å². The molecule has 17 heavy (non-hydrogen) atoms. The molecule has 1 N–H and O–H groups in total. The molecular weight excluding hydrogens is 242 g/mol. The lowest BCUT2D eigenvalue weighted by Crippen LogP contribution is -2.47. The molecule has 1 atom stereocenters. The van der Waals surface area contributed by atoms with Crippen molar-refractivity contribution in [2.45, 2.75) is 13.0 Å². The fraction of sp³-hybridized carbons (Fsp3) is 0.700. The van der Waals surface area contributed by atoms with Crippen molar-refractivity contribution >= 4 is 29.5 Å². The van der Waals surface area contributed by atoms with Gasteiger partial charge in [-0.1, -0.05) is 0 Å². The normalized spacial score (nSPS) is 16.9. The number of hydrogen-bond acceptors (Lipinski definition) is 4. The van der Waals surface area contributed by atoms with Crippen molar-refractivity contribution in [1.29, 1.82) is 0 Å². The summed E-state index contributed by atoms with van der Waals surface area (Å²) >= 11 is 1.48. The predicted molar refractivity (Wildman–Crippen MR) is 65.3 cm³/mol. The summed E-state index contributed by atoms with van der Waals surface area (Å²) in [4.78, 5) is 37.3. The molecule has 0 aromatic heterocycles. The Hall–Kier alpha value is -1.24. The van der Waals surface area contributed by atoms with Crippen LogP contribution in [0.15, 0.2) is 0 Å². The minimum atomic E-state index is -0.567. The lowest BCUT2D eigenvalue weighted by atomic mass is 10.3. The summed E-state index contributed by atoms with van der Waals surface area (Å²) in [5, 5.41) is 2.58. The number of rotatable bonds is 4. The van der Waals surface area contributed by atoms with Gasteiger partial charge in [0, 0.05) is 14.1 Å². The maximum absolute atomic E-state index is 11.6. The third-order valence-electron chi connectivity index (χ3n) is 2.35. The second kappa shape index (κ2) is 5.90. The summed E-state index contributed by atoms with van der Waals surface area (Å²) in [5.41, 5.74) is 0. The first-order chi connectivity index (χ1) is 7.91. The van der Waals surface area contributed by atoms with Gasteiger partial charge in [-0.25, -0.2) is 0 Å². The first kappa shape index (κ1) is 13.8. The highest BCUT2D eigenvalue weighted by molar-refractivity contribution is 8.00. The van der Waals surface area contributed by atoms with Crippen LogP contribution in [0.2, 0.25) is 0 Å². The minimum Gasteiger partial charge on any atom is -0.347 e. The first-order valence-corrected chi connectivity index (χ1v) is 6.43. The summed E-state index contributed by atoms with van der Waals surface area (Å²) in [5.74, 6) is 0.475. The highest BCUT2D eigenvalue weighted by Gasteiger charge is 2.24. The monoisotopic (exact) mass is 259 g/mol. The van der Waals surface area contributed by atoms with Crippen LogP contribution in [-0.2, 0) is 14.4 Å². The van der Waals surface area contributed by atoms with Crippen LogP contribution in [0.5, 0.6) is 0 Å². The van der Waals surface area contributed by atoms with Crippen LogP contribution in [-0.4, -0.2) is 65.8 Å². The van der Waals surface area contributed by atoms with Gasteiger partial charge >= 0.3 is 0 Å². The third-order valence-corrected chi connectivity index (χ3v) is 3.29. The number of nitrogens with one attached hydrogen (secondary N) is 1. The molecule has 0 unspecified atom stereocenters. The van der Waals surface area contributed by atoms with Crippen molar-refractivity contribution in [3.8, 4) is 0 Å². The van der Waals surface area contributed by atoms with Gasteiger partial charge < -0.3 is 15.1 Å². The van der Waals surface area contributed by atoms with Crippen molar-refractivity contribution in [1.82, 2.24) is 15.1 Å². The van der Waals surface area contributed by atoms with E-state index in [1.54, 1.807) is 21.0 Å². The fourth-order valence-corrected chi connectivity index (χ4v) is 2.35. The summed E-state index contributed by atoms with van der Waals surface area (Å²) in [6.45, 7) is 1.65. The molecule has 0 spiro atoms. The Morgan fingerprint density at radius 1 is 1.53 bits per heavy atom. The van der Waals surface area contributed by atoms with E-state index in [4.69, 9.17) is 0 Å². The molecule has 1 aliphatic heterocycles. The highest BCUT2D eigenvalue weighted by Crippen LogP contribution is 2.13. The molecule has 3 amide bonds. The van der Waals surface area contributed by atoms with Gasteiger partial charge in [-0.3, -0.25) is 14.4 Å². The minimum absolute atomic E-state index is 0.0247. The summed E-state index contributed by atoms with van der Waals surface area (Å²) in [6, 6.07) is -0.567. The highest BCUT2D eigenvalue weighted by atomic mass is 32.2. The average molecular weight is 259 g/mol. The zero-order chi connectivity index (χ0) is 13.0. The van der Waals surface area contributed by atoms with Gasteiger partial charge in [0.15, 0.2) is 0 Å². The van der Waals surface area contributed by atoms with Crippen molar-refractivity contribution in [2.75, 3.05) is 32.3 Å². The van der Waals surface area contributed by atoms with Crippen LogP contribution in [0.1, 0.15) is 6.92 Å². The molecule has 1 rings (SSSR count). The quantitative estimate of drug-likeness (QED) is 0.711. The largest absolute Gasteiger partial charge is 0.347 e. The number of carbonyl (C=O) groups is 3. The Labute approximate surface area is 105 Å². The van der Waals surface area contributed by atoms with Crippen molar-refractivity contribution in [2.24, 2.45) is 0 Å². The van der Waals surface area contributed by atoms with Crippen LogP contribution >= 0.6 is 11.8 Å². The maximum Gasteiger partial charge on any atom is 0.244 e. The van der Waals surface area contributed by atoms with E-state index in [0.29, 0.717) is 11.6 Å². The van der Waals surface area contributed by atoms with Crippen LogP contribution in [0, 0.1) is 0 Å². The number of carbonyl (C=O) groups excluding carboxylic acids is 3. The molecule has 6 nitrogen and oxygen atoms in total. The number of thioether (sulfide) groups is 1. The van der Waals surface area contributed by atoms with E-state index in [1.807, 2.05) is 0 Å². The molecule has 1 heterocycles. The topological polar surface area (TPSA) is 69.7 Å². The zero-order valence-electron chi connectivity index (χ0n) is 10.2. The second-order valence-electron chi connectivity index (χ2n) is 4.09. The molecule has 1 fully saturated rings. The Morgan fingerprint density at radius 3 is 2.65 bits per heavy atom. The molecule has 0 saturated carbocycles. The average Bonchev–Trinajstić information content (AvgIpc) is 2.62. The number of nitrogens with zero attached hydrogens (tertiary/aromatic N) is 2. The molecule has 1 saturated heterocycles. The molecule has 7 heteroatoms. The zero-order valence-corrected chi connectivity index (χ0v) is 11.0. The lowest BCUT2D eigenvalue weighted by molar-refractivity contribution is -0.136. The molecule has 0 aromatic rings. The maximum atomic E-state index is 11.6. The molecule has 0 aromatic carbocycles. The molecule has 1 aliphatic rings. The van der Waals surface area contributed by atoms with E-state index in [1.165, 1.54) is 21.6 Å². The number of likely N-dealkylation sites (N-methyl/N-ethyl adjacent to an activating group) is 1. The Bertz CT molecular complexity index is 333. The van der Waals surface area contributed by atoms with E-state index in [0.717, 1.165) is 0 Å². The molecule has 96 valence electrons. The summed E-state index contributed by atoms with van der Waals surface area (Å²) in [7, 11) is 3.26. The molecule has 0 bridgehead atoms. The van der Waals surface area contributed by atoms with E-state index < -0.39 is 6.04 Å². The van der Waals surface area contributed by atoms with Crippen LogP contribution < -0.4 is 5.32 Å².